The Balaban J connectivity index is 2.37. The van der Waals surface area contributed by atoms with Crippen LogP contribution < -0.4 is 0 Å². The molecule has 1 aliphatic heterocycles. The second-order valence-electron chi connectivity index (χ2n) is 3.89. The summed E-state index contributed by atoms with van der Waals surface area (Å²) in [5.41, 5.74) is 0. The van der Waals surface area contributed by atoms with E-state index in [-0.39, 0.29) is 6.54 Å². The lowest BCUT2D eigenvalue weighted by Gasteiger charge is -2.35. The van der Waals surface area contributed by atoms with Gasteiger partial charge in [-0.05, 0) is 33.5 Å². The second kappa shape index (κ2) is 4.58. The van der Waals surface area contributed by atoms with Crippen molar-refractivity contribution in [3.8, 4) is 0 Å². The van der Waals surface area contributed by atoms with Crippen molar-refractivity contribution in [3.63, 3.8) is 0 Å². The average Bonchev–Trinajstić information content (AvgIpc) is 2.03. The fourth-order valence-electron chi connectivity index (χ4n) is 1.79. The van der Waals surface area contributed by atoms with Crippen LogP contribution in [0, 0.1) is 0 Å². The van der Waals surface area contributed by atoms with E-state index in [1.165, 1.54) is 6.42 Å². The molecule has 4 nitrogen and oxygen atoms in total. The summed E-state index contributed by atoms with van der Waals surface area (Å²) in [6, 6.07) is 0.521. The van der Waals surface area contributed by atoms with E-state index in [0.717, 1.165) is 19.5 Å². The molecule has 0 radical (unpaired) electrons. The fourth-order valence-corrected chi connectivity index (χ4v) is 1.79. The Hall–Kier alpha value is -0.610. The number of likely N-dealkylation sites (tertiary alicyclic amines) is 1. The molecule has 1 fully saturated rings. The number of aliphatic carboxylic acids is 1. The summed E-state index contributed by atoms with van der Waals surface area (Å²) in [5.74, 6) is -0.723. The normalized spacial score (nSPS) is 25.0. The third kappa shape index (κ3) is 3.32. The van der Waals surface area contributed by atoms with Crippen molar-refractivity contribution in [1.29, 1.82) is 0 Å². The molecule has 0 aliphatic carbocycles. The number of hydrogen-bond acceptors (Lipinski definition) is 3. The topological polar surface area (TPSA) is 43.8 Å². The quantitative estimate of drug-likeness (QED) is 0.679. The Morgan fingerprint density at radius 2 is 2.31 bits per heavy atom. The van der Waals surface area contributed by atoms with E-state index in [2.05, 4.69) is 19.0 Å². The molecule has 0 aromatic heterocycles. The van der Waals surface area contributed by atoms with E-state index in [4.69, 9.17) is 5.11 Å². The molecule has 13 heavy (non-hydrogen) atoms. The zero-order valence-electron chi connectivity index (χ0n) is 8.36. The lowest BCUT2D eigenvalue weighted by molar-refractivity contribution is -0.138. The standard InChI is InChI=1S/C9H18N2O2/c1-10(2)8-4-3-5-11(6-8)7-9(12)13/h8H,3-7H2,1-2H3,(H,12,13)/t8-/m1/s1. The zero-order chi connectivity index (χ0) is 9.84. The van der Waals surface area contributed by atoms with E-state index in [1.807, 2.05) is 4.90 Å². The van der Waals surface area contributed by atoms with Crippen molar-refractivity contribution in [3.05, 3.63) is 0 Å². The predicted octanol–water partition coefficient (Wildman–Crippen LogP) is 0.0970. The summed E-state index contributed by atoms with van der Waals surface area (Å²) in [5, 5.41) is 8.64. The summed E-state index contributed by atoms with van der Waals surface area (Å²) in [6.45, 7) is 2.00. The maximum absolute atomic E-state index is 10.5. The molecule has 1 aliphatic rings. The van der Waals surface area contributed by atoms with Crippen LogP contribution in [-0.2, 0) is 4.79 Å². The first-order valence-electron chi connectivity index (χ1n) is 4.70. The number of piperidine rings is 1. The van der Waals surface area contributed by atoms with Crippen LogP contribution in [-0.4, -0.2) is 60.6 Å². The van der Waals surface area contributed by atoms with E-state index < -0.39 is 5.97 Å². The molecule has 76 valence electrons. The Labute approximate surface area is 79.1 Å². The number of carbonyl (C=O) groups is 1. The average molecular weight is 186 g/mol. The van der Waals surface area contributed by atoms with Gasteiger partial charge in [-0.2, -0.15) is 0 Å². The Morgan fingerprint density at radius 1 is 1.62 bits per heavy atom. The molecular formula is C9H18N2O2. The lowest BCUT2D eigenvalue weighted by atomic mass is 10.1. The molecule has 0 saturated carbocycles. The van der Waals surface area contributed by atoms with Gasteiger partial charge in [-0.25, -0.2) is 0 Å². The summed E-state index contributed by atoms with van der Waals surface area (Å²) in [7, 11) is 4.10. The fraction of sp³-hybridized carbons (Fsp3) is 0.889. The van der Waals surface area contributed by atoms with Gasteiger partial charge in [0.25, 0.3) is 0 Å². The molecule has 0 unspecified atom stereocenters. The number of rotatable bonds is 3. The maximum atomic E-state index is 10.5. The summed E-state index contributed by atoms with van der Waals surface area (Å²) >= 11 is 0. The molecule has 1 heterocycles. The lowest BCUT2D eigenvalue weighted by Crippen LogP contribution is -2.46. The molecule has 1 atom stereocenters. The van der Waals surface area contributed by atoms with Crippen LogP contribution in [0.15, 0.2) is 0 Å². The Morgan fingerprint density at radius 3 is 2.85 bits per heavy atom. The number of nitrogens with zero attached hydrogens (tertiary/aromatic N) is 2. The van der Waals surface area contributed by atoms with Crippen molar-refractivity contribution in [2.24, 2.45) is 0 Å². The van der Waals surface area contributed by atoms with E-state index in [0.29, 0.717) is 6.04 Å². The van der Waals surface area contributed by atoms with E-state index in [1.54, 1.807) is 0 Å². The highest BCUT2D eigenvalue weighted by atomic mass is 16.4. The van der Waals surface area contributed by atoms with Crippen LogP contribution in [0.4, 0.5) is 0 Å². The number of likely N-dealkylation sites (N-methyl/N-ethyl adjacent to an activating group) is 1. The Bertz CT molecular complexity index is 182. The molecule has 0 bridgehead atoms. The second-order valence-corrected chi connectivity index (χ2v) is 3.89. The summed E-state index contributed by atoms with van der Waals surface area (Å²) in [4.78, 5) is 14.7. The first-order chi connectivity index (χ1) is 6.09. The molecule has 1 N–H and O–H groups in total. The molecular weight excluding hydrogens is 168 g/mol. The summed E-state index contributed by atoms with van der Waals surface area (Å²) < 4.78 is 0. The Kier molecular flexibility index (Phi) is 3.69. The van der Waals surface area contributed by atoms with Crippen molar-refractivity contribution in [2.45, 2.75) is 18.9 Å². The van der Waals surface area contributed by atoms with Gasteiger partial charge in [-0.15, -0.1) is 0 Å². The number of carboxylic acids is 1. The molecule has 1 rings (SSSR count). The molecule has 0 aromatic rings. The van der Waals surface area contributed by atoms with Gasteiger partial charge in [-0.3, -0.25) is 9.69 Å². The predicted molar refractivity (Wildman–Crippen MR) is 50.8 cm³/mol. The van der Waals surface area contributed by atoms with E-state index in [9.17, 15) is 4.79 Å². The van der Waals surface area contributed by atoms with E-state index >= 15 is 0 Å². The van der Waals surface area contributed by atoms with Gasteiger partial charge >= 0.3 is 5.97 Å². The number of hydrogen-bond donors (Lipinski definition) is 1. The molecule has 0 aromatic carbocycles. The third-order valence-electron chi connectivity index (χ3n) is 2.57. The van der Waals surface area contributed by atoms with Crippen molar-refractivity contribution in [2.75, 3.05) is 33.7 Å². The first kappa shape index (κ1) is 10.5. The van der Waals surface area contributed by atoms with Gasteiger partial charge in [-0.1, -0.05) is 0 Å². The van der Waals surface area contributed by atoms with Gasteiger partial charge in [0.15, 0.2) is 0 Å². The van der Waals surface area contributed by atoms with Crippen molar-refractivity contribution < 1.29 is 9.90 Å². The minimum atomic E-state index is -0.723. The van der Waals surface area contributed by atoms with Gasteiger partial charge in [0.1, 0.15) is 0 Å². The molecule has 0 amide bonds. The molecule has 1 saturated heterocycles. The van der Waals surface area contributed by atoms with Gasteiger partial charge in [0, 0.05) is 12.6 Å². The first-order valence-corrected chi connectivity index (χ1v) is 4.70. The highest BCUT2D eigenvalue weighted by Gasteiger charge is 2.22. The van der Waals surface area contributed by atoms with Crippen LogP contribution in [0.25, 0.3) is 0 Å². The SMILES string of the molecule is CN(C)[C@@H]1CCCN(CC(=O)O)C1. The third-order valence-corrected chi connectivity index (χ3v) is 2.57. The van der Waals surface area contributed by atoms with Gasteiger partial charge in [0.05, 0.1) is 6.54 Å². The highest BCUT2D eigenvalue weighted by Crippen LogP contribution is 2.12. The van der Waals surface area contributed by atoms with Crippen LogP contribution in [0.2, 0.25) is 0 Å². The van der Waals surface area contributed by atoms with Crippen molar-refractivity contribution in [1.82, 2.24) is 9.80 Å². The minimum absolute atomic E-state index is 0.185. The van der Waals surface area contributed by atoms with Crippen LogP contribution >= 0.6 is 0 Å². The monoisotopic (exact) mass is 186 g/mol. The highest BCUT2D eigenvalue weighted by molar-refractivity contribution is 5.69. The van der Waals surface area contributed by atoms with Crippen molar-refractivity contribution >= 4 is 5.97 Å². The van der Waals surface area contributed by atoms with Gasteiger partial charge < -0.3 is 10.0 Å². The smallest absolute Gasteiger partial charge is 0.317 e. The van der Waals surface area contributed by atoms with Crippen LogP contribution in [0.1, 0.15) is 12.8 Å². The van der Waals surface area contributed by atoms with Crippen LogP contribution in [0.5, 0.6) is 0 Å². The molecule has 4 heteroatoms. The molecule has 0 spiro atoms. The minimum Gasteiger partial charge on any atom is -0.480 e. The van der Waals surface area contributed by atoms with Crippen LogP contribution in [0.3, 0.4) is 0 Å². The number of carboxylic acid groups (broad SMARTS) is 1. The zero-order valence-corrected chi connectivity index (χ0v) is 8.36. The maximum Gasteiger partial charge on any atom is 0.317 e. The van der Waals surface area contributed by atoms with Gasteiger partial charge in [0.2, 0.25) is 0 Å². The largest absolute Gasteiger partial charge is 0.480 e. The summed E-state index contributed by atoms with van der Waals surface area (Å²) in [6.07, 6.45) is 2.29.